The molecule has 2 atom stereocenters. The third kappa shape index (κ3) is 5.08. The van der Waals surface area contributed by atoms with Crippen molar-refractivity contribution in [3.63, 3.8) is 0 Å². The van der Waals surface area contributed by atoms with Gasteiger partial charge in [-0.2, -0.15) is 5.10 Å². The number of ether oxygens (including phenoxy) is 2. The first kappa shape index (κ1) is 28.9. The molecule has 0 radical (unpaired) electrons. The van der Waals surface area contributed by atoms with Crippen LogP contribution in [0.2, 0.25) is 0 Å². The third-order valence-corrected chi connectivity index (χ3v) is 10.7. The maximum absolute atomic E-state index is 12.4. The number of benzene rings is 1. The first-order valence-electron chi connectivity index (χ1n) is 17.2. The third-order valence-electron chi connectivity index (χ3n) is 10.7. The van der Waals surface area contributed by atoms with Gasteiger partial charge in [-0.05, 0) is 80.1 Å². The summed E-state index contributed by atoms with van der Waals surface area (Å²) in [6.07, 6.45) is 5.14. The van der Waals surface area contributed by atoms with Crippen molar-refractivity contribution in [3.8, 4) is 5.75 Å². The second-order valence-corrected chi connectivity index (χ2v) is 14.6. The van der Waals surface area contributed by atoms with Crippen LogP contribution in [0.25, 0.3) is 16.4 Å². The zero-order valence-corrected chi connectivity index (χ0v) is 27.3. The molecule has 0 unspecified atom stereocenters. The Morgan fingerprint density at radius 2 is 1.90 bits per heavy atom. The summed E-state index contributed by atoms with van der Waals surface area (Å²) in [6.45, 7) is 6.14. The van der Waals surface area contributed by atoms with Crippen molar-refractivity contribution in [2.24, 2.45) is 5.41 Å². The Morgan fingerprint density at radius 1 is 1.02 bits per heavy atom. The van der Waals surface area contributed by atoms with Crippen molar-refractivity contribution in [3.05, 3.63) is 88.9 Å². The molecule has 4 aromatic heterocycles. The highest BCUT2D eigenvalue weighted by atomic mass is 16.5. The minimum Gasteiger partial charge on any atom is -0.487 e. The van der Waals surface area contributed by atoms with Crippen LogP contribution in [0.4, 0.5) is 10.5 Å². The molecule has 2 saturated carbocycles. The summed E-state index contributed by atoms with van der Waals surface area (Å²) in [6, 6.07) is 16.3. The van der Waals surface area contributed by atoms with E-state index in [-0.39, 0.29) is 43.5 Å². The molecule has 1 aromatic carbocycles. The van der Waals surface area contributed by atoms with Gasteiger partial charge in [-0.3, -0.25) is 14.7 Å². The number of rotatable bonds is 9. The van der Waals surface area contributed by atoms with E-state index in [9.17, 15) is 9.59 Å². The lowest BCUT2D eigenvalue weighted by molar-refractivity contribution is -0.126. The smallest absolute Gasteiger partial charge is 0.324 e. The van der Waals surface area contributed by atoms with Gasteiger partial charge < -0.3 is 19.7 Å². The molecule has 7 heterocycles. The second kappa shape index (κ2) is 10.7. The fraction of sp³-hybridized carbons (Fsp3) is 0.405. The lowest BCUT2D eigenvalue weighted by Gasteiger charge is -2.56. The number of aryl methyl sites for hydroxylation is 1. The molecule has 3 aliphatic heterocycles. The number of nitrogens with one attached hydrogen (secondary N) is 1. The maximum atomic E-state index is 12.4. The van der Waals surface area contributed by atoms with Gasteiger partial charge in [-0.1, -0.05) is 0 Å². The van der Waals surface area contributed by atoms with Gasteiger partial charge in [0, 0.05) is 59.7 Å². The largest absolute Gasteiger partial charge is 0.487 e. The minimum atomic E-state index is -0.367. The van der Waals surface area contributed by atoms with Crippen LogP contribution in [-0.2, 0) is 22.7 Å². The van der Waals surface area contributed by atoms with E-state index in [1.165, 1.54) is 16.2 Å². The Balaban J connectivity index is 0.936. The predicted octanol–water partition coefficient (Wildman–Crippen LogP) is 4.60. The SMILES string of the molecule is Cc1ccnc([C@H]2C[C@@H]2c2cc(N3CC4(COC4)C3)c3ccc(OCc4cc5cc(C6CC6)cc(CN6C(=O)CNC6=O)n5n4)cc3n2)n1. The Bertz CT molecular complexity index is 2170. The highest BCUT2D eigenvalue weighted by Gasteiger charge is 2.50. The van der Waals surface area contributed by atoms with Crippen molar-refractivity contribution in [1.29, 1.82) is 0 Å². The van der Waals surface area contributed by atoms with E-state index in [0.29, 0.717) is 11.3 Å². The Labute approximate surface area is 282 Å². The standard InChI is InChI=1S/C37H36N8O4/c1-21-6-7-38-35(40-21)30-12-29(30)32-13-33(43-17-37(18-43)19-48-20-37)28-5-4-27(11-31(28)41-32)49-16-24-10-25-8-23(22-2-3-22)9-26(45(25)42-24)15-44-34(46)14-39-36(44)47/h4-11,13,22,29-30H,2-3,12,14-20H2,1H3,(H,39,47)/t29-,30-/m0/s1. The average molecular weight is 657 g/mol. The normalized spacial score (nSPS) is 22.5. The summed E-state index contributed by atoms with van der Waals surface area (Å²) < 4.78 is 13.7. The summed E-state index contributed by atoms with van der Waals surface area (Å²) in [5.41, 5.74) is 8.20. The molecule has 5 fully saturated rings. The van der Waals surface area contributed by atoms with E-state index in [2.05, 4.69) is 39.5 Å². The van der Waals surface area contributed by atoms with Crippen LogP contribution in [0.15, 0.2) is 54.7 Å². The van der Waals surface area contributed by atoms with Crippen LogP contribution in [0.3, 0.4) is 0 Å². The van der Waals surface area contributed by atoms with E-state index >= 15 is 0 Å². The predicted molar refractivity (Wildman–Crippen MR) is 180 cm³/mol. The number of carbonyl (C=O) groups is 2. The number of amides is 3. The maximum Gasteiger partial charge on any atom is 0.324 e. The van der Waals surface area contributed by atoms with Crippen molar-refractivity contribution in [2.75, 3.05) is 37.7 Å². The van der Waals surface area contributed by atoms with E-state index in [1.807, 2.05) is 41.9 Å². The molecule has 10 rings (SSSR count). The minimum absolute atomic E-state index is 0.0300. The van der Waals surface area contributed by atoms with Crippen molar-refractivity contribution < 1.29 is 19.1 Å². The quantitative estimate of drug-likeness (QED) is 0.227. The van der Waals surface area contributed by atoms with Crippen LogP contribution < -0.4 is 15.0 Å². The number of hydrogen-bond donors (Lipinski definition) is 1. The molecule has 5 aromatic rings. The average Bonchev–Trinajstić information content (AvgIpc) is 3.99. The summed E-state index contributed by atoms with van der Waals surface area (Å²) in [4.78, 5) is 42.9. The number of imide groups is 1. The molecule has 248 valence electrons. The van der Waals surface area contributed by atoms with Gasteiger partial charge in [-0.15, -0.1) is 0 Å². The molecular weight excluding hydrogens is 620 g/mol. The van der Waals surface area contributed by atoms with Crippen LogP contribution >= 0.6 is 0 Å². The molecular formula is C37H36N8O4. The highest BCUT2D eigenvalue weighted by Crippen LogP contribution is 2.54. The monoisotopic (exact) mass is 656 g/mol. The molecule has 3 amide bonds. The molecule has 12 nitrogen and oxygen atoms in total. The van der Waals surface area contributed by atoms with Gasteiger partial charge in [0.1, 0.15) is 23.9 Å². The van der Waals surface area contributed by atoms with Crippen LogP contribution in [-0.4, -0.2) is 74.3 Å². The van der Waals surface area contributed by atoms with E-state index < -0.39 is 0 Å². The summed E-state index contributed by atoms with van der Waals surface area (Å²) in [5.74, 6) is 2.47. The topological polar surface area (TPSA) is 127 Å². The van der Waals surface area contributed by atoms with Crippen LogP contribution in [0.5, 0.6) is 5.75 Å². The van der Waals surface area contributed by atoms with Gasteiger partial charge in [0.25, 0.3) is 0 Å². The Kier molecular flexibility index (Phi) is 6.30. The molecule has 12 heteroatoms. The van der Waals surface area contributed by atoms with Crippen molar-refractivity contribution in [2.45, 2.75) is 57.1 Å². The Hall–Kier alpha value is -5.10. The van der Waals surface area contributed by atoms with Crippen LogP contribution in [0.1, 0.15) is 71.2 Å². The number of fused-ring (bicyclic) bond motifs is 2. The number of aromatic nitrogens is 5. The van der Waals surface area contributed by atoms with Crippen molar-refractivity contribution in [1.82, 2.24) is 34.8 Å². The Morgan fingerprint density at radius 3 is 2.65 bits per heavy atom. The number of pyridine rings is 2. The lowest BCUT2D eigenvalue weighted by Crippen LogP contribution is -2.66. The number of nitrogens with zero attached hydrogens (tertiary/aromatic N) is 7. The van der Waals surface area contributed by atoms with Gasteiger partial charge in [0.05, 0.1) is 48.4 Å². The molecule has 2 aliphatic carbocycles. The number of anilines is 1. The van der Waals surface area contributed by atoms with Gasteiger partial charge in [0.2, 0.25) is 5.91 Å². The fourth-order valence-electron chi connectivity index (χ4n) is 7.73. The molecule has 0 bridgehead atoms. The summed E-state index contributed by atoms with van der Waals surface area (Å²) in [7, 11) is 0. The highest BCUT2D eigenvalue weighted by molar-refractivity contribution is 6.01. The summed E-state index contributed by atoms with van der Waals surface area (Å²) >= 11 is 0. The molecule has 1 N–H and O–H groups in total. The zero-order chi connectivity index (χ0) is 32.9. The summed E-state index contributed by atoms with van der Waals surface area (Å²) in [5, 5.41) is 8.58. The van der Waals surface area contributed by atoms with Gasteiger partial charge in [0.15, 0.2) is 0 Å². The number of hydrogen-bond acceptors (Lipinski definition) is 9. The fourth-order valence-corrected chi connectivity index (χ4v) is 7.73. The molecule has 5 aliphatic rings. The molecule has 49 heavy (non-hydrogen) atoms. The van der Waals surface area contributed by atoms with Gasteiger partial charge >= 0.3 is 6.03 Å². The second-order valence-electron chi connectivity index (χ2n) is 14.6. The van der Waals surface area contributed by atoms with E-state index in [0.717, 1.165) is 96.3 Å². The first-order chi connectivity index (χ1) is 23.9. The zero-order valence-electron chi connectivity index (χ0n) is 27.3. The number of carbonyl (C=O) groups excluding carboxylic acids is 2. The van der Waals surface area contributed by atoms with E-state index in [1.54, 1.807) is 0 Å². The van der Waals surface area contributed by atoms with Crippen LogP contribution in [0, 0.1) is 12.3 Å². The number of urea groups is 1. The lowest BCUT2D eigenvalue weighted by atomic mass is 9.77. The van der Waals surface area contributed by atoms with E-state index in [4.69, 9.17) is 24.5 Å². The first-order valence-corrected chi connectivity index (χ1v) is 17.2. The molecule has 1 spiro atoms. The van der Waals surface area contributed by atoms with Gasteiger partial charge in [-0.25, -0.2) is 19.3 Å². The molecule has 3 saturated heterocycles. The van der Waals surface area contributed by atoms with Crippen molar-refractivity contribution >= 4 is 34.0 Å².